The third kappa shape index (κ3) is 3.80. The van der Waals surface area contributed by atoms with Crippen LogP contribution in [0.4, 0.5) is 5.69 Å². The minimum Gasteiger partial charge on any atom is -0.336 e. The Morgan fingerprint density at radius 2 is 1.67 bits per heavy atom. The average Bonchev–Trinajstić information content (AvgIpc) is 3.15. The molecule has 0 atom stereocenters. The largest absolute Gasteiger partial charge is 0.336 e. The molecule has 150 valence electrons. The lowest BCUT2D eigenvalue weighted by Gasteiger charge is -2.16. The molecule has 0 radical (unpaired) electrons. The second-order valence-corrected chi connectivity index (χ2v) is 7.16. The molecule has 0 fully saturated rings. The second kappa shape index (κ2) is 8.21. The van der Waals surface area contributed by atoms with Gasteiger partial charge in [-0.15, -0.1) is 0 Å². The Kier molecular flexibility index (Phi) is 5.30. The molecule has 0 saturated carbocycles. The summed E-state index contributed by atoms with van der Waals surface area (Å²) in [5.41, 5.74) is 3.53. The van der Waals surface area contributed by atoms with Crippen LogP contribution in [0.1, 0.15) is 32.2 Å². The van der Waals surface area contributed by atoms with Crippen LogP contribution in [0.15, 0.2) is 79.0 Å². The number of fused-ring (bicyclic) bond motifs is 1. The summed E-state index contributed by atoms with van der Waals surface area (Å²) in [5.74, 6) is -0.432. The van der Waals surface area contributed by atoms with Crippen molar-refractivity contribution in [1.82, 2.24) is 14.3 Å². The minimum absolute atomic E-state index is 0.172. The number of hydrogen-bond donors (Lipinski definition) is 1. The minimum atomic E-state index is -0.365. The average molecular weight is 398 g/mol. The quantitative estimate of drug-likeness (QED) is 0.549. The highest BCUT2D eigenvalue weighted by Crippen LogP contribution is 2.19. The zero-order valence-corrected chi connectivity index (χ0v) is 16.9. The summed E-state index contributed by atoms with van der Waals surface area (Å²) in [4.78, 5) is 32.1. The van der Waals surface area contributed by atoms with Crippen LogP contribution in [0.5, 0.6) is 0 Å². The van der Waals surface area contributed by atoms with Crippen molar-refractivity contribution in [3.05, 3.63) is 102 Å². The SMILES string of the molecule is Cc1ccccc1NC(=O)c1nc(C(=O)N(C)Cc2ccccc2)c2ccccn12. The number of benzene rings is 2. The molecule has 0 aliphatic rings. The van der Waals surface area contributed by atoms with Crippen LogP contribution in [-0.4, -0.2) is 33.1 Å². The molecular weight excluding hydrogens is 376 g/mol. The summed E-state index contributed by atoms with van der Waals surface area (Å²) in [5, 5.41) is 2.89. The number of nitrogens with one attached hydrogen (secondary N) is 1. The second-order valence-electron chi connectivity index (χ2n) is 7.16. The lowest BCUT2D eigenvalue weighted by molar-refractivity contribution is 0.0782. The normalized spacial score (nSPS) is 10.7. The standard InChI is InChI=1S/C24H22N4O2/c1-17-10-6-7-13-19(17)25-23(29)22-26-21(20-14-8-9-15-28(20)22)24(30)27(2)16-18-11-4-3-5-12-18/h3-15H,16H2,1-2H3,(H,25,29). The first-order valence-corrected chi connectivity index (χ1v) is 9.68. The number of aromatic nitrogens is 2. The molecule has 2 heterocycles. The smallest absolute Gasteiger partial charge is 0.292 e. The maximum absolute atomic E-state index is 13.1. The molecule has 6 heteroatoms. The Balaban J connectivity index is 1.66. The van der Waals surface area contributed by atoms with Crippen molar-refractivity contribution >= 4 is 23.0 Å². The highest BCUT2D eigenvalue weighted by molar-refractivity contribution is 6.06. The highest BCUT2D eigenvalue weighted by Gasteiger charge is 2.24. The number of hydrogen-bond acceptors (Lipinski definition) is 3. The van der Waals surface area contributed by atoms with Crippen LogP contribution < -0.4 is 5.32 Å². The number of anilines is 1. The number of pyridine rings is 1. The van der Waals surface area contributed by atoms with Gasteiger partial charge in [-0.2, -0.15) is 0 Å². The molecule has 1 N–H and O–H groups in total. The lowest BCUT2D eigenvalue weighted by Crippen LogP contribution is -2.26. The number of para-hydroxylation sites is 1. The number of carbonyl (C=O) groups excluding carboxylic acids is 2. The van der Waals surface area contributed by atoms with Crippen LogP contribution in [0.3, 0.4) is 0 Å². The fourth-order valence-corrected chi connectivity index (χ4v) is 3.36. The first kappa shape index (κ1) is 19.4. The lowest BCUT2D eigenvalue weighted by atomic mass is 10.2. The predicted molar refractivity (Wildman–Crippen MR) is 117 cm³/mol. The Morgan fingerprint density at radius 1 is 0.967 bits per heavy atom. The Bertz CT molecular complexity index is 1210. The third-order valence-electron chi connectivity index (χ3n) is 4.96. The van der Waals surface area contributed by atoms with Gasteiger partial charge < -0.3 is 10.2 Å². The molecule has 0 spiro atoms. The number of aryl methyl sites for hydroxylation is 1. The Hall–Kier alpha value is -3.93. The topological polar surface area (TPSA) is 66.7 Å². The first-order valence-electron chi connectivity index (χ1n) is 9.68. The maximum atomic E-state index is 13.1. The molecule has 4 aromatic rings. The molecule has 2 aromatic heterocycles. The van der Waals surface area contributed by atoms with Crippen molar-refractivity contribution in [3.63, 3.8) is 0 Å². The van der Waals surface area contributed by atoms with Crippen molar-refractivity contribution in [1.29, 1.82) is 0 Å². The third-order valence-corrected chi connectivity index (χ3v) is 4.96. The number of nitrogens with zero attached hydrogens (tertiary/aromatic N) is 3. The van der Waals surface area contributed by atoms with Crippen molar-refractivity contribution in [3.8, 4) is 0 Å². The van der Waals surface area contributed by atoms with Crippen LogP contribution in [0.25, 0.3) is 5.52 Å². The van der Waals surface area contributed by atoms with Crippen LogP contribution in [0.2, 0.25) is 0 Å². The maximum Gasteiger partial charge on any atom is 0.292 e. The van der Waals surface area contributed by atoms with Gasteiger partial charge in [-0.25, -0.2) is 4.98 Å². The van der Waals surface area contributed by atoms with Gasteiger partial charge in [0.1, 0.15) is 0 Å². The fourth-order valence-electron chi connectivity index (χ4n) is 3.36. The van der Waals surface area contributed by atoms with Gasteiger partial charge in [-0.05, 0) is 36.2 Å². The molecule has 2 aromatic carbocycles. The molecule has 0 saturated heterocycles. The van der Waals surface area contributed by atoms with Gasteiger partial charge in [0.25, 0.3) is 11.8 Å². The van der Waals surface area contributed by atoms with E-state index in [4.69, 9.17) is 0 Å². The summed E-state index contributed by atoms with van der Waals surface area (Å²) in [6.07, 6.45) is 1.74. The molecule has 0 bridgehead atoms. The van der Waals surface area contributed by atoms with Gasteiger partial charge in [-0.1, -0.05) is 54.6 Å². The zero-order valence-electron chi connectivity index (χ0n) is 16.9. The zero-order chi connectivity index (χ0) is 21.1. The van der Waals surface area contributed by atoms with E-state index in [1.54, 1.807) is 34.7 Å². The molecule has 2 amide bonds. The van der Waals surface area contributed by atoms with Gasteiger partial charge in [0.15, 0.2) is 5.69 Å². The molecule has 6 nitrogen and oxygen atoms in total. The predicted octanol–water partition coefficient (Wildman–Crippen LogP) is 4.17. The summed E-state index contributed by atoms with van der Waals surface area (Å²) in [6.45, 7) is 2.38. The Morgan fingerprint density at radius 3 is 2.43 bits per heavy atom. The molecule has 0 aliphatic carbocycles. The van der Waals surface area contributed by atoms with Gasteiger partial charge in [0.2, 0.25) is 5.82 Å². The summed E-state index contributed by atoms with van der Waals surface area (Å²) < 4.78 is 1.65. The summed E-state index contributed by atoms with van der Waals surface area (Å²) in [7, 11) is 1.73. The van der Waals surface area contributed by atoms with E-state index in [0.29, 0.717) is 17.7 Å². The summed E-state index contributed by atoms with van der Waals surface area (Å²) >= 11 is 0. The van der Waals surface area contributed by atoms with E-state index in [-0.39, 0.29) is 23.3 Å². The van der Waals surface area contributed by atoms with Crippen molar-refractivity contribution in [2.24, 2.45) is 0 Å². The van der Waals surface area contributed by atoms with E-state index < -0.39 is 0 Å². The highest BCUT2D eigenvalue weighted by atomic mass is 16.2. The molecule has 30 heavy (non-hydrogen) atoms. The fraction of sp³-hybridized carbons (Fsp3) is 0.125. The number of imidazole rings is 1. The van der Waals surface area contributed by atoms with E-state index in [1.165, 1.54) is 0 Å². The van der Waals surface area contributed by atoms with E-state index in [1.807, 2.05) is 67.6 Å². The van der Waals surface area contributed by atoms with Crippen LogP contribution in [-0.2, 0) is 6.54 Å². The van der Waals surface area contributed by atoms with Crippen LogP contribution in [0, 0.1) is 6.92 Å². The van der Waals surface area contributed by atoms with Gasteiger partial charge >= 0.3 is 0 Å². The van der Waals surface area contributed by atoms with E-state index in [0.717, 1.165) is 11.1 Å². The van der Waals surface area contributed by atoms with Crippen LogP contribution >= 0.6 is 0 Å². The number of rotatable bonds is 5. The van der Waals surface area contributed by atoms with Gasteiger partial charge in [0.05, 0.1) is 5.52 Å². The van der Waals surface area contributed by atoms with E-state index in [9.17, 15) is 9.59 Å². The molecule has 0 unspecified atom stereocenters. The van der Waals surface area contributed by atoms with E-state index >= 15 is 0 Å². The monoisotopic (exact) mass is 398 g/mol. The molecular formula is C24H22N4O2. The van der Waals surface area contributed by atoms with Crippen molar-refractivity contribution in [2.45, 2.75) is 13.5 Å². The Labute approximate surface area is 174 Å². The van der Waals surface area contributed by atoms with Gasteiger partial charge in [-0.3, -0.25) is 14.0 Å². The number of amides is 2. The van der Waals surface area contributed by atoms with E-state index in [2.05, 4.69) is 10.3 Å². The summed E-state index contributed by atoms with van der Waals surface area (Å²) in [6, 6.07) is 22.7. The van der Waals surface area contributed by atoms with Crippen molar-refractivity contribution < 1.29 is 9.59 Å². The first-order chi connectivity index (χ1) is 14.5. The molecule has 4 rings (SSSR count). The number of carbonyl (C=O) groups is 2. The molecule has 0 aliphatic heterocycles. The van der Waals surface area contributed by atoms with Crippen molar-refractivity contribution in [2.75, 3.05) is 12.4 Å². The van der Waals surface area contributed by atoms with Gasteiger partial charge in [0, 0.05) is 25.5 Å².